The van der Waals surface area contributed by atoms with E-state index in [1.54, 1.807) is 13.2 Å². The molecule has 3 atom stereocenters. The van der Waals surface area contributed by atoms with Gasteiger partial charge in [-0.1, -0.05) is 35.9 Å². The second-order valence-corrected chi connectivity index (χ2v) is 8.74. The SMILES string of the molecule is COc1ccccc1CN1C[C@@H]2C[C@@H](c3ccc(F)cc3Cl)N3CCC[C@@]23C1=O. The molecule has 3 fully saturated rings. The number of carbonyl (C=O) groups is 1. The quantitative estimate of drug-likeness (QED) is 0.742. The molecule has 152 valence electrons. The summed E-state index contributed by atoms with van der Waals surface area (Å²) in [5, 5.41) is 0.454. The van der Waals surface area contributed by atoms with Gasteiger partial charge in [-0.2, -0.15) is 0 Å². The van der Waals surface area contributed by atoms with Crippen LogP contribution in [0.2, 0.25) is 5.02 Å². The smallest absolute Gasteiger partial charge is 0.243 e. The largest absolute Gasteiger partial charge is 0.496 e. The molecule has 0 bridgehead atoms. The monoisotopic (exact) mass is 414 g/mol. The molecule has 0 saturated carbocycles. The van der Waals surface area contributed by atoms with Crippen LogP contribution in [0.4, 0.5) is 4.39 Å². The molecule has 3 aliphatic rings. The summed E-state index contributed by atoms with van der Waals surface area (Å²) >= 11 is 6.38. The third-order valence-corrected chi connectivity index (χ3v) is 7.33. The van der Waals surface area contributed by atoms with Gasteiger partial charge in [-0.15, -0.1) is 0 Å². The number of halogens is 2. The summed E-state index contributed by atoms with van der Waals surface area (Å²) < 4.78 is 19.0. The summed E-state index contributed by atoms with van der Waals surface area (Å²) in [6, 6.07) is 12.6. The van der Waals surface area contributed by atoms with Crippen molar-refractivity contribution in [2.45, 2.75) is 37.4 Å². The lowest BCUT2D eigenvalue weighted by atomic mass is 9.85. The van der Waals surface area contributed by atoms with Crippen LogP contribution in [0.1, 0.15) is 36.4 Å². The predicted octanol–water partition coefficient (Wildman–Crippen LogP) is 4.43. The number of methoxy groups -OCH3 is 1. The zero-order chi connectivity index (χ0) is 20.2. The van der Waals surface area contributed by atoms with Crippen molar-refractivity contribution in [2.24, 2.45) is 5.92 Å². The minimum absolute atomic E-state index is 0.0768. The van der Waals surface area contributed by atoms with E-state index in [1.807, 2.05) is 29.2 Å². The molecule has 4 nitrogen and oxygen atoms in total. The highest BCUT2D eigenvalue weighted by molar-refractivity contribution is 6.31. The van der Waals surface area contributed by atoms with Gasteiger partial charge in [0.15, 0.2) is 0 Å². The molecule has 0 unspecified atom stereocenters. The van der Waals surface area contributed by atoms with Crippen molar-refractivity contribution in [3.05, 3.63) is 64.4 Å². The molecule has 0 radical (unpaired) electrons. The third kappa shape index (κ3) is 2.78. The first kappa shape index (κ1) is 18.9. The molecule has 0 N–H and O–H groups in total. The maximum atomic E-state index is 13.7. The van der Waals surface area contributed by atoms with Crippen molar-refractivity contribution >= 4 is 17.5 Å². The van der Waals surface area contributed by atoms with Crippen molar-refractivity contribution in [3.8, 4) is 5.75 Å². The number of hydrogen-bond acceptors (Lipinski definition) is 3. The Morgan fingerprint density at radius 3 is 2.90 bits per heavy atom. The van der Waals surface area contributed by atoms with Crippen LogP contribution in [0.3, 0.4) is 0 Å². The third-order valence-electron chi connectivity index (χ3n) is 7.00. The Balaban J connectivity index is 1.44. The van der Waals surface area contributed by atoms with Crippen LogP contribution < -0.4 is 4.74 Å². The Bertz CT molecular complexity index is 968. The lowest BCUT2D eigenvalue weighted by molar-refractivity contribution is -0.137. The van der Waals surface area contributed by atoms with Crippen molar-refractivity contribution < 1.29 is 13.9 Å². The van der Waals surface area contributed by atoms with Gasteiger partial charge in [0.05, 0.1) is 7.11 Å². The number of hydrogen-bond donors (Lipinski definition) is 0. The van der Waals surface area contributed by atoms with Crippen LogP contribution in [0.25, 0.3) is 0 Å². The van der Waals surface area contributed by atoms with Crippen molar-refractivity contribution in [1.82, 2.24) is 9.80 Å². The number of rotatable bonds is 4. The summed E-state index contributed by atoms with van der Waals surface area (Å²) in [4.78, 5) is 18.0. The number of amides is 1. The van der Waals surface area contributed by atoms with E-state index < -0.39 is 5.54 Å². The Kier molecular flexibility index (Phi) is 4.56. The van der Waals surface area contributed by atoms with E-state index in [9.17, 15) is 9.18 Å². The van der Waals surface area contributed by atoms with Crippen LogP contribution in [0.5, 0.6) is 5.75 Å². The van der Waals surface area contributed by atoms with E-state index in [-0.39, 0.29) is 23.7 Å². The van der Waals surface area contributed by atoms with Crippen LogP contribution in [-0.4, -0.2) is 41.4 Å². The molecule has 3 saturated heterocycles. The summed E-state index contributed by atoms with van der Waals surface area (Å²) in [5.74, 6) is 0.964. The molecule has 29 heavy (non-hydrogen) atoms. The maximum absolute atomic E-state index is 13.7. The summed E-state index contributed by atoms with van der Waals surface area (Å²) in [6.07, 6.45) is 2.76. The summed E-state index contributed by atoms with van der Waals surface area (Å²) in [6.45, 7) is 2.18. The Hall–Kier alpha value is -2.11. The maximum Gasteiger partial charge on any atom is 0.243 e. The van der Waals surface area contributed by atoms with E-state index in [2.05, 4.69) is 4.90 Å². The van der Waals surface area contributed by atoms with Gasteiger partial charge in [0.2, 0.25) is 5.91 Å². The number of carbonyl (C=O) groups excluding carboxylic acids is 1. The number of ether oxygens (including phenoxy) is 1. The molecule has 2 aromatic carbocycles. The zero-order valence-electron chi connectivity index (χ0n) is 16.4. The summed E-state index contributed by atoms with van der Waals surface area (Å²) in [5.41, 5.74) is 1.53. The Labute approximate surface area is 175 Å². The molecule has 5 rings (SSSR count). The fourth-order valence-electron chi connectivity index (χ4n) is 5.82. The fraction of sp³-hybridized carbons (Fsp3) is 0.435. The standard InChI is InChI=1S/C23H24ClFN2O2/c1-29-21-6-3-2-5-15(21)13-26-14-16-11-20(18-8-7-17(25)12-19(18)24)27-10-4-9-23(16,27)22(26)28/h2-3,5-8,12,16,20H,4,9-11,13-14H2,1H3/t16-,20-,23-/m0/s1. The van der Waals surface area contributed by atoms with E-state index >= 15 is 0 Å². The molecule has 0 aromatic heterocycles. The molecular formula is C23H24ClFN2O2. The average molecular weight is 415 g/mol. The first-order valence-electron chi connectivity index (χ1n) is 10.2. The van der Waals surface area contributed by atoms with Gasteiger partial charge in [0, 0.05) is 35.6 Å². The molecule has 1 amide bonds. The van der Waals surface area contributed by atoms with Gasteiger partial charge in [-0.3, -0.25) is 9.69 Å². The lowest BCUT2D eigenvalue weighted by Gasteiger charge is -2.34. The normalized spacial score (nSPS) is 28.7. The van der Waals surface area contributed by atoms with Crippen LogP contribution >= 0.6 is 11.6 Å². The predicted molar refractivity (Wildman–Crippen MR) is 109 cm³/mol. The minimum atomic E-state index is -0.440. The van der Waals surface area contributed by atoms with Crippen molar-refractivity contribution in [2.75, 3.05) is 20.2 Å². The fourth-order valence-corrected chi connectivity index (χ4v) is 6.11. The van der Waals surface area contributed by atoms with Gasteiger partial charge in [0.1, 0.15) is 17.1 Å². The first-order chi connectivity index (χ1) is 14.0. The van der Waals surface area contributed by atoms with Crippen molar-refractivity contribution in [1.29, 1.82) is 0 Å². The van der Waals surface area contributed by atoms with E-state index in [0.717, 1.165) is 49.2 Å². The molecule has 2 aromatic rings. The molecule has 3 heterocycles. The van der Waals surface area contributed by atoms with Gasteiger partial charge in [0.25, 0.3) is 0 Å². The molecule has 3 aliphatic heterocycles. The van der Waals surface area contributed by atoms with E-state index in [1.165, 1.54) is 12.1 Å². The summed E-state index contributed by atoms with van der Waals surface area (Å²) in [7, 11) is 1.66. The zero-order valence-corrected chi connectivity index (χ0v) is 17.2. The first-order valence-corrected chi connectivity index (χ1v) is 10.6. The van der Waals surface area contributed by atoms with Gasteiger partial charge < -0.3 is 9.64 Å². The van der Waals surface area contributed by atoms with Crippen LogP contribution in [0, 0.1) is 11.7 Å². The Morgan fingerprint density at radius 1 is 1.28 bits per heavy atom. The van der Waals surface area contributed by atoms with E-state index in [4.69, 9.17) is 16.3 Å². The highest BCUT2D eigenvalue weighted by atomic mass is 35.5. The number of benzene rings is 2. The van der Waals surface area contributed by atoms with Crippen LogP contribution in [0.15, 0.2) is 42.5 Å². The highest BCUT2D eigenvalue weighted by Gasteiger charge is 2.65. The van der Waals surface area contributed by atoms with Crippen molar-refractivity contribution in [3.63, 3.8) is 0 Å². The molecular weight excluding hydrogens is 391 g/mol. The minimum Gasteiger partial charge on any atom is -0.496 e. The Morgan fingerprint density at radius 2 is 2.10 bits per heavy atom. The number of para-hydroxylation sites is 1. The second kappa shape index (κ2) is 6.99. The molecule has 1 spiro atoms. The van der Waals surface area contributed by atoms with E-state index in [0.29, 0.717) is 11.6 Å². The molecule has 6 heteroatoms. The number of nitrogens with zero attached hydrogens (tertiary/aromatic N) is 2. The highest BCUT2D eigenvalue weighted by Crippen LogP contribution is 2.56. The second-order valence-electron chi connectivity index (χ2n) is 8.33. The van der Waals surface area contributed by atoms with Gasteiger partial charge in [-0.05, 0) is 49.6 Å². The number of likely N-dealkylation sites (tertiary alicyclic amines) is 1. The molecule has 0 aliphatic carbocycles. The lowest BCUT2D eigenvalue weighted by Crippen LogP contribution is -2.49. The topological polar surface area (TPSA) is 32.8 Å². The van der Waals surface area contributed by atoms with Gasteiger partial charge >= 0.3 is 0 Å². The van der Waals surface area contributed by atoms with Crippen LogP contribution in [-0.2, 0) is 11.3 Å². The van der Waals surface area contributed by atoms with Gasteiger partial charge in [-0.25, -0.2) is 4.39 Å². The average Bonchev–Trinajstić information content (AvgIpc) is 3.34.